The molecule has 0 radical (unpaired) electrons. The lowest BCUT2D eigenvalue weighted by Gasteiger charge is -2.08. The van der Waals surface area contributed by atoms with Crippen LogP contribution < -0.4 is 10.6 Å². The molecular formula is C14H8Cl2N4O2S2. The second kappa shape index (κ2) is 6.86. The number of nitro benzene ring substituents is 1. The van der Waals surface area contributed by atoms with Gasteiger partial charge in [0.2, 0.25) is 0 Å². The van der Waals surface area contributed by atoms with Crippen molar-refractivity contribution in [3.8, 4) is 0 Å². The Balaban J connectivity index is 1.75. The van der Waals surface area contributed by atoms with E-state index in [0.717, 1.165) is 0 Å². The Kier molecular flexibility index (Phi) is 4.81. The Hall–Kier alpha value is -2.00. The highest BCUT2D eigenvalue weighted by atomic mass is 35.5. The van der Waals surface area contributed by atoms with Crippen molar-refractivity contribution in [1.82, 2.24) is 4.98 Å². The molecule has 0 atom stereocenters. The molecule has 2 aromatic carbocycles. The number of thiazole rings is 1. The van der Waals surface area contributed by atoms with E-state index in [0.29, 0.717) is 36.2 Å². The number of non-ortho nitro benzene ring substituents is 1. The first-order valence-corrected chi connectivity index (χ1v) is 8.48. The van der Waals surface area contributed by atoms with E-state index in [1.165, 1.54) is 23.5 Å². The second-order valence-corrected chi connectivity index (χ2v) is 6.89. The summed E-state index contributed by atoms with van der Waals surface area (Å²) in [5.74, 6) is 0. The molecule has 0 aliphatic heterocycles. The number of hydrogen-bond acceptors (Lipinski definition) is 5. The number of benzene rings is 2. The van der Waals surface area contributed by atoms with Gasteiger partial charge in [0, 0.05) is 17.8 Å². The fraction of sp³-hybridized carbons (Fsp3) is 0. The monoisotopic (exact) mass is 398 g/mol. The predicted octanol–water partition coefficient (Wildman–Crippen LogP) is 5.32. The minimum Gasteiger partial charge on any atom is -0.332 e. The van der Waals surface area contributed by atoms with Gasteiger partial charge in [-0.2, -0.15) is 0 Å². The molecular weight excluding hydrogens is 391 g/mol. The number of nitrogens with one attached hydrogen (secondary N) is 2. The van der Waals surface area contributed by atoms with Crippen LogP contribution in [0.4, 0.5) is 16.5 Å². The van der Waals surface area contributed by atoms with E-state index in [9.17, 15) is 10.1 Å². The predicted molar refractivity (Wildman–Crippen MR) is 103 cm³/mol. The van der Waals surface area contributed by atoms with Gasteiger partial charge in [-0.1, -0.05) is 34.5 Å². The smallest absolute Gasteiger partial charge is 0.270 e. The molecule has 3 rings (SSSR count). The zero-order valence-corrected chi connectivity index (χ0v) is 14.9. The lowest BCUT2D eigenvalue weighted by molar-refractivity contribution is -0.384. The first-order chi connectivity index (χ1) is 11.4. The normalized spacial score (nSPS) is 10.6. The van der Waals surface area contributed by atoms with Crippen LogP contribution in [0.2, 0.25) is 10.0 Å². The zero-order valence-electron chi connectivity index (χ0n) is 11.7. The van der Waals surface area contributed by atoms with Crippen molar-refractivity contribution in [3.05, 3.63) is 56.6 Å². The van der Waals surface area contributed by atoms with Gasteiger partial charge in [-0.3, -0.25) is 10.1 Å². The van der Waals surface area contributed by atoms with Crippen LogP contribution in [0.3, 0.4) is 0 Å². The van der Waals surface area contributed by atoms with Gasteiger partial charge in [-0.25, -0.2) is 4.98 Å². The SMILES string of the molecule is O=[N+]([O-])c1ccc2nc(NC(=S)Nc3ccc(Cl)c(Cl)c3)sc2c1. The van der Waals surface area contributed by atoms with E-state index in [4.69, 9.17) is 35.4 Å². The van der Waals surface area contributed by atoms with Crippen molar-refractivity contribution in [2.45, 2.75) is 0 Å². The highest BCUT2D eigenvalue weighted by Gasteiger charge is 2.11. The molecule has 0 aliphatic carbocycles. The van der Waals surface area contributed by atoms with E-state index < -0.39 is 4.92 Å². The molecule has 0 spiro atoms. The average molecular weight is 399 g/mol. The molecule has 24 heavy (non-hydrogen) atoms. The molecule has 0 fully saturated rings. The van der Waals surface area contributed by atoms with Gasteiger partial charge in [0.1, 0.15) is 0 Å². The van der Waals surface area contributed by atoms with Gasteiger partial charge < -0.3 is 10.6 Å². The van der Waals surface area contributed by atoms with Crippen LogP contribution in [-0.2, 0) is 0 Å². The van der Waals surface area contributed by atoms with Gasteiger partial charge in [0.25, 0.3) is 5.69 Å². The van der Waals surface area contributed by atoms with E-state index in [1.54, 1.807) is 24.3 Å². The summed E-state index contributed by atoms with van der Waals surface area (Å²) in [5, 5.41) is 18.4. The zero-order chi connectivity index (χ0) is 17.3. The number of halogens is 2. The molecule has 0 aliphatic rings. The van der Waals surface area contributed by atoms with Crippen LogP contribution in [0.25, 0.3) is 10.2 Å². The van der Waals surface area contributed by atoms with Crippen LogP contribution in [-0.4, -0.2) is 15.0 Å². The Labute approximate surface area is 155 Å². The molecule has 0 amide bonds. The summed E-state index contributed by atoms with van der Waals surface area (Å²) < 4.78 is 0.698. The molecule has 3 aromatic rings. The number of aromatic nitrogens is 1. The summed E-state index contributed by atoms with van der Waals surface area (Å²) in [4.78, 5) is 14.7. The van der Waals surface area contributed by atoms with Crippen LogP contribution in [0, 0.1) is 10.1 Å². The molecule has 1 heterocycles. The summed E-state index contributed by atoms with van der Waals surface area (Å²) in [7, 11) is 0. The fourth-order valence-electron chi connectivity index (χ4n) is 1.91. The summed E-state index contributed by atoms with van der Waals surface area (Å²) in [6, 6.07) is 9.55. The van der Waals surface area contributed by atoms with Crippen molar-refractivity contribution >= 4 is 78.6 Å². The van der Waals surface area contributed by atoms with E-state index in [2.05, 4.69) is 15.6 Å². The highest BCUT2D eigenvalue weighted by Crippen LogP contribution is 2.29. The minimum atomic E-state index is -0.442. The van der Waals surface area contributed by atoms with Crippen molar-refractivity contribution in [3.63, 3.8) is 0 Å². The topological polar surface area (TPSA) is 80.1 Å². The third-order valence-electron chi connectivity index (χ3n) is 2.98. The molecule has 0 saturated carbocycles. The molecule has 0 bridgehead atoms. The second-order valence-electron chi connectivity index (χ2n) is 4.64. The lowest BCUT2D eigenvalue weighted by atomic mass is 10.3. The summed E-state index contributed by atoms with van der Waals surface area (Å²) in [6.45, 7) is 0. The van der Waals surface area contributed by atoms with E-state index in [1.807, 2.05) is 0 Å². The van der Waals surface area contributed by atoms with Crippen LogP contribution in [0.5, 0.6) is 0 Å². The Morgan fingerprint density at radius 1 is 1.17 bits per heavy atom. The number of fused-ring (bicyclic) bond motifs is 1. The Bertz CT molecular complexity index is 961. The summed E-state index contributed by atoms with van der Waals surface area (Å²) in [5.41, 5.74) is 1.36. The molecule has 0 saturated heterocycles. The van der Waals surface area contributed by atoms with Gasteiger partial charge in [-0.15, -0.1) is 0 Å². The van der Waals surface area contributed by atoms with Gasteiger partial charge >= 0.3 is 0 Å². The quantitative estimate of drug-likeness (QED) is 0.353. The van der Waals surface area contributed by atoms with Crippen molar-refractivity contribution < 1.29 is 4.92 Å². The number of thiocarbonyl (C=S) groups is 1. The minimum absolute atomic E-state index is 0.0224. The van der Waals surface area contributed by atoms with Gasteiger partial charge in [0.15, 0.2) is 10.2 Å². The molecule has 122 valence electrons. The fourth-order valence-corrected chi connectivity index (χ4v) is 3.39. The maximum absolute atomic E-state index is 10.8. The van der Waals surface area contributed by atoms with Crippen LogP contribution in [0.15, 0.2) is 36.4 Å². The Morgan fingerprint density at radius 3 is 2.67 bits per heavy atom. The molecule has 2 N–H and O–H groups in total. The number of rotatable bonds is 3. The lowest BCUT2D eigenvalue weighted by Crippen LogP contribution is -2.18. The third kappa shape index (κ3) is 3.73. The standard InChI is InChI=1S/C14H8Cl2N4O2S2/c15-9-3-1-7(5-10(9)16)17-13(23)19-14-18-11-4-2-8(20(21)22)6-12(11)24-14/h1-6H,(H2,17,18,19,23). The van der Waals surface area contributed by atoms with Gasteiger partial charge in [0.05, 0.1) is 25.2 Å². The highest BCUT2D eigenvalue weighted by molar-refractivity contribution is 7.80. The third-order valence-corrected chi connectivity index (χ3v) is 4.86. The first kappa shape index (κ1) is 16.8. The molecule has 1 aromatic heterocycles. The number of anilines is 2. The summed E-state index contributed by atoms with van der Waals surface area (Å²) in [6.07, 6.45) is 0. The first-order valence-electron chi connectivity index (χ1n) is 6.50. The molecule has 6 nitrogen and oxygen atoms in total. The molecule has 10 heteroatoms. The Morgan fingerprint density at radius 2 is 1.96 bits per heavy atom. The number of nitrogens with zero attached hydrogens (tertiary/aromatic N) is 2. The largest absolute Gasteiger partial charge is 0.332 e. The van der Waals surface area contributed by atoms with Crippen molar-refractivity contribution in [1.29, 1.82) is 0 Å². The number of hydrogen-bond donors (Lipinski definition) is 2. The van der Waals surface area contributed by atoms with E-state index >= 15 is 0 Å². The average Bonchev–Trinajstić information content (AvgIpc) is 2.91. The number of nitro groups is 1. The maximum atomic E-state index is 10.8. The van der Waals surface area contributed by atoms with Crippen molar-refractivity contribution in [2.75, 3.05) is 10.6 Å². The van der Waals surface area contributed by atoms with Crippen molar-refractivity contribution in [2.24, 2.45) is 0 Å². The maximum Gasteiger partial charge on any atom is 0.270 e. The van der Waals surface area contributed by atoms with Crippen LogP contribution >= 0.6 is 46.8 Å². The van der Waals surface area contributed by atoms with Crippen LogP contribution in [0.1, 0.15) is 0 Å². The van der Waals surface area contributed by atoms with Gasteiger partial charge in [-0.05, 0) is 36.5 Å². The van der Waals surface area contributed by atoms with E-state index in [-0.39, 0.29) is 5.69 Å². The summed E-state index contributed by atoms with van der Waals surface area (Å²) >= 11 is 18.3. The molecule has 0 unspecified atom stereocenters.